The van der Waals surface area contributed by atoms with Gasteiger partial charge < -0.3 is 94.9 Å². The quantitative estimate of drug-likeness (QED) is 0.275. The molecule has 0 aliphatic heterocycles. The van der Waals surface area contributed by atoms with Crippen molar-refractivity contribution in [3.8, 4) is 0 Å². The molecule has 0 rings (SSSR count). The molecule has 0 aliphatic rings. The maximum Gasteiger partial charge on any atom is 1.00 e. The predicted octanol–water partition coefficient (Wildman–Crippen LogP) is 2.26. The summed E-state index contributed by atoms with van der Waals surface area (Å²) in [5, 5.41) is 0. The van der Waals surface area contributed by atoms with E-state index < -0.39 is 48.8 Å². The van der Waals surface area contributed by atoms with Gasteiger partial charge in [-0.2, -0.15) is 41.8 Å². The predicted molar refractivity (Wildman–Crippen MR) is 138 cm³/mol. The molecule has 0 N–H and O–H groups in total. The molecule has 0 spiro atoms. The van der Waals surface area contributed by atoms with Gasteiger partial charge >= 0.3 is 203 Å². The number of hydrogen-bond acceptors (Lipinski definition) is 0. The van der Waals surface area contributed by atoms with Crippen molar-refractivity contribution in [1.29, 1.82) is 0 Å². The van der Waals surface area contributed by atoms with E-state index in [0.29, 0.717) is 0 Å². The molecular formula is C14H24B7F21K3-7. The van der Waals surface area contributed by atoms with Gasteiger partial charge in [0.05, 0.1) is 0 Å². The second-order valence-corrected chi connectivity index (χ2v) is 6.03. The van der Waals surface area contributed by atoms with Crippen LogP contribution < -0.4 is 154 Å². The first-order valence-electron chi connectivity index (χ1n) is 9.77. The van der Waals surface area contributed by atoms with Gasteiger partial charge in [-0.05, 0) is 0 Å². The Labute approximate surface area is 379 Å². The molecule has 0 unspecified atom stereocenters. The summed E-state index contributed by atoms with van der Waals surface area (Å²) >= 11 is 0. The molecule has 258 valence electrons. The molecule has 0 amide bonds. The molecule has 0 saturated heterocycles. The van der Waals surface area contributed by atoms with Crippen molar-refractivity contribution in [3.63, 3.8) is 0 Å². The Morgan fingerprint density at radius 1 is 0.222 bits per heavy atom. The average Bonchev–Trinajstić information content (AvgIpc) is 2.78. The van der Waals surface area contributed by atoms with Gasteiger partial charge in [-0.15, -0.1) is 46.1 Å². The Kier molecular flexibility index (Phi) is 58.0. The van der Waals surface area contributed by atoms with E-state index in [1.807, 2.05) is 0 Å². The van der Waals surface area contributed by atoms with Crippen LogP contribution in [0.2, 0.25) is 0 Å². The third-order valence-corrected chi connectivity index (χ3v) is 1.87. The molecule has 0 aliphatic carbocycles. The third kappa shape index (κ3) is 168. The van der Waals surface area contributed by atoms with Gasteiger partial charge in [0, 0.05) is 0 Å². The molecule has 0 nitrogen and oxygen atoms in total. The van der Waals surface area contributed by atoms with E-state index in [1.165, 1.54) is 0 Å². The standard InChI is InChI=1S/7C2H3BF3.3K.3H/c7*1-2-3(4,5)6;;;;;;/h7*2H,1H2;;;;;;/q7*-1;3*+1;3*-1. The van der Waals surface area contributed by atoms with Crippen molar-refractivity contribution in [2.45, 2.75) is 0 Å². The van der Waals surface area contributed by atoms with Crippen molar-refractivity contribution in [1.82, 2.24) is 0 Å². The zero-order chi connectivity index (χ0) is 36.4. The van der Waals surface area contributed by atoms with Gasteiger partial charge in [-0.1, -0.05) is 0 Å². The largest absolute Gasteiger partial charge is 1.00 e. The van der Waals surface area contributed by atoms with Crippen LogP contribution in [-0.2, 0) is 0 Å². The summed E-state index contributed by atoms with van der Waals surface area (Å²) in [5.41, 5.74) is 0. The molecule has 0 aromatic rings. The van der Waals surface area contributed by atoms with E-state index in [-0.39, 0.29) is 200 Å². The molecular weight excluding hydrogens is 760 g/mol. The van der Waals surface area contributed by atoms with Crippen molar-refractivity contribution in [2.24, 2.45) is 0 Å². The zero-order valence-corrected chi connectivity index (χ0v) is 33.3. The van der Waals surface area contributed by atoms with Crippen LogP contribution in [-0.4, -0.2) is 48.8 Å². The minimum atomic E-state index is -4.72. The Bertz CT molecular complexity index is 589. The molecule has 0 saturated carbocycles. The Balaban J connectivity index is -0.0000000265. The zero-order valence-electron chi connectivity index (χ0n) is 27.0. The maximum absolute atomic E-state index is 10.7. The Morgan fingerprint density at radius 3 is 0.244 bits per heavy atom. The van der Waals surface area contributed by atoms with Gasteiger partial charge in [0.2, 0.25) is 0 Å². The molecule has 31 heteroatoms. The summed E-state index contributed by atoms with van der Waals surface area (Å²) in [6.45, 7) is -15.3. The summed E-state index contributed by atoms with van der Waals surface area (Å²) in [4.78, 5) is 0. The molecule has 0 fully saturated rings. The fraction of sp³-hybridized carbons (Fsp3) is 0. The summed E-state index contributed by atoms with van der Waals surface area (Å²) in [5.74, 6) is 0. The van der Waals surface area contributed by atoms with E-state index in [0.717, 1.165) is 0 Å². The molecule has 0 aromatic heterocycles. The summed E-state index contributed by atoms with van der Waals surface area (Å²) < 4.78 is 225. The third-order valence-electron chi connectivity index (χ3n) is 1.87. The van der Waals surface area contributed by atoms with Gasteiger partial charge in [0.25, 0.3) is 0 Å². The molecule has 0 aromatic carbocycles. The number of rotatable bonds is 7. The Morgan fingerprint density at radius 2 is 0.244 bits per heavy atom. The monoisotopic (exact) mass is 785 g/mol. The molecule has 0 radical (unpaired) electrons. The first-order chi connectivity index (χ1) is 17.9. The van der Waals surface area contributed by atoms with Crippen molar-refractivity contribution in [2.75, 3.05) is 0 Å². The fourth-order valence-corrected chi connectivity index (χ4v) is 0. The molecule has 0 heterocycles. The molecule has 0 bridgehead atoms. The summed E-state index contributed by atoms with van der Waals surface area (Å²) in [6.07, 6.45) is 0. The SMILES string of the molecule is C=C[B-](F)(F)F.C=C[B-](F)(F)F.C=C[B-](F)(F)F.C=C[B-](F)(F)F.C=C[B-](F)(F)F.C=C[B-](F)(F)F.C=C[B-](F)(F)F.[H-].[H-].[H-].[K+].[K+].[K+]. The second kappa shape index (κ2) is 35.9. The number of hydrogen-bond donors (Lipinski definition) is 0. The average molecular weight is 784 g/mol. The van der Waals surface area contributed by atoms with Gasteiger partial charge in [-0.25, -0.2) is 0 Å². The van der Waals surface area contributed by atoms with Crippen LogP contribution in [0.3, 0.4) is 0 Å². The van der Waals surface area contributed by atoms with E-state index >= 15 is 0 Å². The topological polar surface area (TPSA) is 0 Å². The van der Waals surface area contributed by atoms with Gasteiger partial charge in [-0.3, -0.25) is 0 Å². The normalized spacial score (nSPS) is 10.4. The summed E-state index contributed by atoms with van der Waals surface area (Å²) in [6, 6.07) is 0. The first-order valence-corrected chi connectivity index (χ1v) is 9.77. The van der Waals surface area contributed by atoms with Crippen LogP contribution in [0.25, 0.3) is 0 Å². The van der Waals surface area contributed by atoms with Crippen molar-refractivity contribution in [3.05, 3.63) is 87.9 Å². The molecule has 45 heavy (non-hydrogen) atoms. The van der Waals surface area contributed by atoms with Crippen LogP contribution in [0, 0.1) is 0 Å². The Hall–Kier alpha value is 2.07. The number of halogens is 21. The summed E-state index contributed by atoms with van der Waals surface area (Å²) in [7, 11) is 0. The van der Waals surface area contributed by atoms with E-state index in [9.17, 15) is 90.6 Å². The molecule has 0 atom stereocenters. The maximum atomic E-state index is 10.7. The first kappa shape index (κ1) is 72.7. The van der Waals surface area contributed by atoms with E-state index in [4.69, 9.17) is 0 Å². The van der Waals surface area contributed by atoms with Crippen LogP contribution in [0.4, 0.5) is 90.6 Å². The smallest absolute Gasteiger partial charge is 1.00 e. The fourth-order valence-electron chi connectivity index (χ4n) is 0. The van der Waals surface area contributed by atoms with E-state index in [2.05, 4.69) is 46.1 Å². The van der Waals surface area contributed by atoms with Crippen LogP contribution >= 0.6 is 0 Å². The van der Waals surface area contributed by atoms with Crippen LogP contribution in [0.1, 0.15) is 4.28 Å². The van der Waals surface area contributed by atoms with Crippen LogP contribution in [0.5, 0.6) is 0 Å². The second-order valence-electron chi connectivity index (χ2n) is 6.03. The van der Waals surface area contributed by atoms with Gasteiger partial charge in [0.1, 0.15) is 0 Å². The minimum Gasteiger partial charge on any atom is -1.00 e. The van der Waals surface area contributed by atoms with E-state index in [1.54, 1.807) is 0 Å². The van der Waals surface area contributed by atoms with Crippen molar-refractivity contribution < 1.29 is 249 Å². The minimum absolute atomic E-state index is 0. The van der Waals surface area contributed by atoms with Crippen LogP contribution in [0.15, 0.2) is 87.9 Å². The van der Waals surface area contributed by atoms with Crippen molar-refractivity contribution >= 4 is 48.8 Å². The van der Waals surface area contributed by atoms with Gasteiger partial charge in [0.15, 0.2) is 0 Å².